The number of esters is 1. The third-order valence-electron chi connectivity index (χ3n) is 4.70. The van der Waals surface area contributed by atoms with Gasteiger partial charge in [0.1, 0.15) is 11.2 Å². The van der Waals surface area contributed by atoms with Crippen LogP contribution in [0.15, 0.2) is 71.8 Å². The molecule has 0 bridgehead atoms. The monoisotopic (exact) mass is 379 g/mol. The van der Waals surface area contributed by atoms with Gasteiger partial charge in [-0.25, -0.2) is 0 Å². The van der Waals surface area contributed by atoms with Gasteiger partial charge in [0.15, 0.2) is 0 Å². The van der Waals surface area contributed by atoms with Crippen molar-refractivity contribution in [2.75, 3.05) is 12.9 Å². The largest absolute Gasteiger partial charge is 0.468 e. The van der Waals surface area contributed by atoms with E-state index in [-0.39, 0.29) is 12.2 Å². The van der Waals surface area contributed by atoms with Crippen molar-refractivity contribution in [3.05, 3.63) is 72.6 Å². The Morgan fingerprint density at radius 1 is 1.04 bits per heavy atom. The van der Waals surface area contributed by atoms with Crippen LogP contribution in [0.3, 0.4) is 0 Å². The smallest absolute Gasteiger partial charge is 0.320 e. The number of fused-ring (bicyclic) bond motifs is 1. The summed E-state index contributed by atoms with van der Waals surface area (Å²) in [5.41, 5.74) is -0.561. The van der Waals surface area contributed by atoms with Crippen LogP contribution >= 0.6 is 11.8 Å². The summed E-state index contributed by atoms with van der Waals surface area (Å²) in [4.78, 5) is 30.9. The van der Waals surface area contributed by atoms with Crippen LogP contribution in [-0.2, 0) is 20.7 Å². The van der Waals surface area contributed by atoms with Gasteiger partial charge in [-0.05, 0) is 30.5 Å². The van der Waals surface area contributed by atoms with Crippen LogP contribution in [0.4, 0.5) is 0 Å². The molecule has 0 saturated heterocycles. The van der Waals surface area contributed by atoms with Gasteiger partial charge in [-0.2, -0.15) is 0 Å². The first-order chi connectivity index (χ1) is 13.1. The van der Waals surface area contributed by atoms with Crippen LogP contribution in [0.25, 0.3) is 10.8 Å². The molecule has 5 heteroatoms. The molecule has 138 valence electrons. The number of hydrogen-bond donors (Lipinski definition) is 0. The molecule has 0 aliphatic heterocycles. The Balaban J connectivity index is 2.00. The first-order valence-electron chi connectivity index (χ1n) is 8.67. The summed E-state index contributed by atoms with van der Waals surface area (Å²) in [5.74, 6) is -0.440. The standard InChI is InChI=1S/C22H21NO3S/c1-16(24)22(21(25)26-2,15-27-18-9-4-3-5-10-18)14-20-19-11-7-6-8-17(19)12-13-23-20/h3-13H,14-15H2,1-2H3. The van der Waals surface area contributed by atoms with Crippen LogP contribution in [-0.4, -0.2) is 29.6 Å². The molecule has 0 fully saturated rings. The molecule has 0 aliphatic rings. The minimum Gasteiger partial charge on any atom is -0.468 e. The molecule has 0 saturated carbocycles. The molecule has 0 radical (unpaired) electrons. The lowest BCUT2D eigenvalue weighted by molar-refractivity contribution is -0.155. The summed E-state index contributed by atoms with van der Waals surface area (Å²) in [5, 5.41) is 1.97. The Bertz CT molecular complexity index is 953. The Morgan fingerprint density at radius 2 is 1.74 bits per heavy atom. The zero-order chi connectivity index (χ0) is 19.3. The number of nitrogens with zero attached hydrogens (tertiary/aromatic N) is 1. The number of ether oxygens (including phenoxy) is 1. The number of carbonyl (C=O) groups is 2. The van der Waals surface area contributed by atoms with E-state index in [1.54, 1.807) is 6.20 Å². The van der Waals surface area contributed by atoms with Crippen LogP contribution in [0.2, 0.25) is 0 Å². The molecule has 0 spiro atoms. The molecule has 1 aromatic heterocycles. The van der Waals surface area contributed by atoms with Crippen LogP contribution in [0.5, 0.6) is 0 Å². The Morgan fingerprint density at radius 3 is 2.44 bits per heavy atom. The van der Waals surface area contributed by atoms with Gasteiger partial charge in [-0.15, -0.1) is 11.8 Å². The quantitative estimate of drug-likeness (QED) is 0.348. The summed E-state index contributed by atoms with van der Waals surface area (Å²) in [7, 11) is 1.32. The zero-order valence-corrected chi connectivity index (χ0v) is 16.2. The average Bonchev–Trinajstić information content (AvgIpc) is 2.71. The topological polar surface area (TPSA) is 56.3 Å². The van der Waals surface area contributed by atoms with E-state index in [2.05, 4.69) is 4.98 Å². The Kier molecular flexibility index (Phi) is 5.91. The fourth-order valence-corrected chi connectivity index (χ4v) is 4.27. The molecule has 3 rings (SSSR count). The lowest BCUT2D eigenvalue weighted by atomic mass is 9.80. The van der Waals surface area contributed by atoms with E-state index in [1.807, 2.05) is 60.7 Å². The maximum Gasteiger partial charge on any atom is 0.320 e. The number of methoxy groups -OCH3 is 1. The van der Waals surface area contributed by atoms with Gasteiger partial charge < -0.3 is 4.74 Å². The van der Waals surface area contributed by atoms with Crippen molar-refractivity contribution in [3.8, 4) is 0 Å². The van der Waals surface area contributed by atoms with Gasteiger partial charge >= 0.3 is 5.97 Å². The number of benzene rings is 2. The number of Topliss-reactive ketones (excluding diaryl/α,β-unsaturated/α-hetero) is 1. The summed E-state index contributed by atoms with van der Waals surface area (Å²) in [6.07, 6.45) is 1.92. The number of ketones is 1. The SMILES string of the molecule is COC(=O)C(CSc1ccccc1)(Cc1nccc2ccccc12)C(C)=O. The number of thioether (sulfide) groups is 1. The third kappa shape index (κ3) is 4.03. The molecule has 4 nitrogen and oxygen atoms in total. The van der Waals surface area contributed by atoms with Crippen molar-refractivity contribution in [3.63, 3.8) is 0 Å². The summed E-state index contributed by atoms with van der Waals surface area (Å²) in [6, 6.07) is 19.5. The summed E-state index contributed by atoms with van der Waals surface area (Å²) >= 11 is 1.47. The molecule has 2 aromatic carbocycles. The second kappa shape index (κ2) is 8.35. The molecule has 1 heterocycles. The number of hydrogen-bond acceptors (Lipinski definition) is 5. The maximum atomic E-state index is 12.8. The lowest BCUT2D eigenvalue weighted by Crippen LogP contribution is -2.43. The van der Waals surface area contributed by atoms with Crippen molar-refractivity contribution < 1.29 is 14.3 Å². The van der Waals surface area contributed by atoms with E-state index in [9.17, 15) is 9.59 Å². The molecule has 0 amide bonds. The van der Waals surface area contributed by atoms with Crippen molar-refractivity contribution >= 4 is 34.3 Å². The first-order valence-corrected chi connectivity index (χ1v) is 9.65. The van der Waals surface area contributed by atoms with E-state index in [0.717, 1.165) is 21.4 Å². The highest BCUT2D eigenvalue weighted by Gasteiger charge is 2.45. The van der Waals surface area contributed by atoms with Crippen LogP contribution in [0.1, 0.15) is 12.6 Å². The first kappa shape index (κ1) is 19.1. The van der Waals surface area contributed by atoms with Gasteiger partial charge in [0, 0.05) is 34.3 Å². The normalized spacial score (nSPS) is 13.1. The van der Waals surface area contributed by atoms with Gasteiger partial charge in [0.05, 0.1) is 7.11 Å². The second-order valence-corrected chi connectivity index (χ2v) is 7.44. The third-order valence-corrected chi connectivity index (χ3v) is 5.95. The predicted molar refractivity (Wildman–Crippen MR) is 108 cm³/mol. The maximum absolute atomic E-state index is 12.8. The van der Waals surface area contributed by atoms with E-state index < -0.39 is 11.4 Å². The minimum atomic E-state index is -1.29. The summed E-state index contributed by atoms with van der Waals surface area (Å²) in [6.45, 7) is 1.45. The Labute approximate surface area is 163 Å². The van der Waals surface area contributed by atoms with E-state index in [1.165, 1.54) is 25.8 Å². The van der Waals surface area contributed by atoms with E-state index >= 15 is 0 Å². The molecule has 0 N–H and O–H groups in total. The van der Waals surface area contributed by atoms with Crippen LogP contribution < -0.4 is 0 Å². The van der Waals surface area contributed by atoms with E-state index in [4.69, 9.17) is 4.74 Å². The highest BCUT2D eigenvalue weighted by Crippen LogP contribution is 2.35. The van der Waals surface area contributed by atoms with Crippen LogP contribution in [0, 0.1) is 5.41 Å². The Hall–Kier alpha value is -2.66. The molecule has 1 atom stereocenters. The zero-order valence-electron chi connectivity index (χ0n) is 15.3. The molecular formula is C22H21NO3S. The van der Waals surface area contributed by atoms with E-state index in [0.29, 0.717) is 5.75 Å². The average molecular weight is 379 g/mol. The number of pyridine rings is 1. The molecular weight excluding hydrogens is 358 g/mol. The lowest BCUT2D eigenvalue weighted by Gasteiger charge is -2.28. The highest BCUT2D eigenvalue weighted by atomic mass is 32.2. The highest BCUT2D eigenvalue weighted by molar-refractivity contribution is 7.99. The predicted octanol–water partition coefficient (Wildman–Crippen LogP) is 4.32. The number of carbonyl (C=O) groups excluding carboxylic acids is 2. The van der Waals surface area contributed by atoms with Crippen molar-refractivity contribution in [1.82, 2.24) is 4.98 Å². The van der Waals surface area contributed by atoms with Gasteiger partial charge in [-0.3, -0.25) is 14.6 Å². The minimum absolute atomic E-state index is 0.205. The number of rotatable bonds is 7. The van der Waals surface area contributed by atoms with Crippen molar-refractivity contribution in [1.29, 1.82) is 0 Å². The fraction of sp³-hybridized carbons (Fsp3) is 0.227. The number of aromatic nitrogens is 1. The molecule has 0 aliphatic carbocycles. The summed E-state index contributed by atoms with van der Waals surface area (Å²) < 4.78 is 5.05. The van der Waals surface area contributed by atoms with Gasteiger partial charge in [-0.1, -0.05) is 42.5 Å². The second-order valence-electron chi connectivity index (χ2n) is 6.39. The molecule has 1 unspecified atom stereocenters. The van der Waals surface area contributed by atoms with Crippen molar-refractivity contribution in [2.45, 2.75) is 18.2 Å². The molecule has 27 heavy (non-hydrogen) atoms. The van der Waals surface area contributed by atoms with Gasteiger partial charge in [0.2, 0.25) is 0 Å². The fourth-order valence-electron chi connectivity index (χ4n) is 3.08. The van der Waals surface area contributed by atoms with Crippen molar-refractivity contribution in [2.24, 2.45) is 5.41 Å². The van der Waals surface area contributed by atoms with Gasteiger partial charge in [0.25, 0.3) is 0 Å². The molecule has 3 aromatic rings.